The molecule has 2 unspecified atom stereocenters. The van der Waals surface area contributed by atoms with Gasteiger partial charge in [0.2, 0.25) is 5.91 Å². The maximum absolute atomic E-state index is 13.7. The van der Waals surface area contributed by atoms with Gasteiger partial charge >= 0.3 is 0 Å². The monoisotopic (exact) mass is 313 g/mol. The van der Waals surface area contributed by atoms with E-state index in [1.807, 2.05) is 31.2 Å². The Balaban J connectivity index is 1.41. The molecule has 1 aliphatic carbocycles. The molecule has 0 radical (unpaired) electrons. The number of benzene rings is 2. The molecular formula is C19H20FNO2. The molecule has 120 valence electrons. The van der Waals surface area contributed by atoms with E-state index >= 15 is 0 Å². The number of amides is 1. The van der Waals surface area contributed by atoms with Crippen LogP contribution < -0.4 is 10.1 Å². The summed E-state index contributed by atoms with van der Waals surface area (Å²) < 4.78 is 19.3. The molecule has 1 amide bonds. The summed E-state index contributed by atoms with van der Waals surface area (Å²) in [6.45, 7) is 2.89. The molecule has 3 nitrogen and oxygen atoms in total. The quantitative estimate of drug-likeness (QED) is 0.830. The van der Waals surface area contributed by atoms with Crippen molar-refractivity contribution >= 4 is 5.91 Å². The molecule has 3 rings (SSSR count). The van der Waals surface area contributed by atoms with Gasteiger partial charge in [0.25, 0.3) is 0 Å². The van der Waals surface area contributed by atoms with Crippen molar-refractivity contribution in [1.29, 1.82) is 0 Å². The normalized spacial score (nSPS) is 19.2. The van der Waals surface area contributed by atoms with Gasteiger partial charge < -0.3 is 10.1 Å². The summed E-state index contributed by atoms with van der Waals surface area (Å²) in [5.41, 5.74) is 1.82. The van der Waals surface area contributed by atoms with E-state index in [0.29, 0.717) is 25.1 Å². The summed E-state index contributed by atoms with van der Waals surface area (Å²) in [5.74, 6) is 0.433. The van der Waals surface area contributed by atoms with Crippen LogP contribution in [-0.4, -0.2) is 19.1 Å². The van der Waals surface area contributed by atoms with E-state index < -0.39 is 0 Å². The molecule has 1 aliphatic rings. The summed E-state index contributed by atoms with van der Waals surface area (Å²) in [4.78, 5) is 12.1. The zero-order valence-corrected chi connectivity index (χ0v) is 13.1. The highest BCUT2D eigenvalue weighted by Crippen LogP contribution is 2.48. The van der Waals surface area contributed by atoms with Gasteiger partial charge in [-0.1, -0.05) is 35.9 Å². The summed E-state index contributed by atoms with van der Waals surface area (Å²) in [6.07, 6.45) is 0.714. The van der Waals surface area contributed by atoms with E-state index in [2.05, 4.69) is 5.32 Å². The van der Waals surface area contributed by atoms with Gasteiger partial charge in [0, 0.05) is 5.92 Å². The fraction of sp³-hybridized carbons (Fsp3) is 0.316. The first-order valence-electron chi connectivity index (χ1n) is 7.87. The molecule has 0 bridgehead atoms. The van der Waals surface area contributed by atoms with E-state index in [4.69, 9.17) is 4.74 Å². The van der Waals surface area contributed by atoms with Crippen LogP contribution in [0.2, 0.25) is 0 Å². The van der Waals surface area contributed by atoms with E-state index in [0.717, 1.165) is 5.75 Å². The first-order chi connectivity index (χ1) is 11.1. The number of rotatable bonds is 6. The lowest BCUT2D eigenvalue weighted by Crippen LogP contribution is -2.29. The van der Waals surface area contributed by atoms with Crippen molar-refractivity contribution < 1.29 is 13.9 Å². The van der Waals surface area contributed by atoms with E-state index in [1.54, 1.807) is 18.2 Å². The van der Waals surface area contributed by atoms with Gasteiger partial charge in [-0.3, -0.25) is 4.79 Å². The van der Waals surface area contributed by atoms with Gasteiger partial charge in [-0.15, -0.1) is 0 Å². The smallest absolute Gasteiger partial charge is 0.223 e. The van der Waals surface area contributed by atoms with Crippen molar-refractivity contribution in [2.24, 2.45) is 5.92 Å². The van der Waals surface area contributed by atoms with Gasteiger partial charge in [-0.2, -0.15) is 0 Å². The van der Waals surface area contributed by atoms with Gasteiger partial charge in [0.1, 0.15) is 18.2 Å². The summed E-state index contributed by atoms with van der Waals surface area (Å²) in [7, 11) is 0. The lowest BCUT2D eigenvalue weighted by atomic mass is 10.1. The highest BCUT2D eigenvalue weighted by molar-refractivity contribution is 5.82. The van der Waals surface area contributed by atoms with E-state index in [9.17, 15) is 9.18 Å². The van der Waals surface area contributed by atoms with Gasteiger partial charge in [0.05, 0.1) is 6.54 Å². The average molecular weight is 313 g/mol. The largest absolute Gasteiger partial charge is 0.492 e. The van der Waals surface area contributed by atoms with Crippen LogP contribution in [0.4, 0.5) is 4.39 Å². The minimum atomic E-state index is -0.226. The Hall–Kier alpha value is -2.36. The zero-order chi connectivity index (χ0) is 16.2. The highest BCUT2D eigenvalue weighted by Gasteiger charge is 2.44. The maximum Gasteiger partial charge on any atom is 0.223 e. The van der Waals surface area contributed by atoms with Crippen LogP contribution in [-0.2, 0) is 4.79 Å². The number of carbonyl (C=O) groups is 1. The number of aryl methyl sites for hydroxylation is 1. The SMILES string of the molecule is Cc1ccc(OCCNC(=O)C2CC2c2ccccc2F)cc1. The molecule has 2 aromatic carbocycles. The lowest BCUT2D eigenvalue weighted by molar-refractivity contribution is -0.122. The Labute approximate surface area is 135 Å². The number of halogens is 1. The number of ether oxygens (including phenoxy) is 1. The minimum absolute atomic E-state index is 0.00853. The number of hydrogen-bond donors (Lipinski definition) is 1. The second-order valence-electron chi connectivity index (χ2n) is 5.92. The Morgan fingerprint density at radius 2 is 1.96 bits per heavy atom. The second-order valence-corrected chi connectivity index (χ2v) is 5.92. The van der Waals surface area contributed by atoms with Crippen LogP contribution in [0.25, 0.3) is 0 Å². The summed E-state index contributed by atoms with van der Waals surface area (Å²) in [5, 5.41) is 2.86. The number of hydrogen-bond acceptors (Lipinski definition) is 2. The topological polar surface area (TPSA) is 38.3 Å². The molecule has 0 aliphatic heterocycles. The molecule has 0 heterocycles. The molecule has 2 atom stereocenters. The average Bonchev–Trinajstić information content (AvgIpc) is 3.34. The van der Waals surface area contributed by atoms with Gasteiger partial charge in [-0.25, -0.2) is 4.39 Å². The molecule has 1 fully saturated rings. The summed E-state index contributed by atoms with van der Waals surface area (Å²) >= 11 is 0. The molecule has 1 N–H and O–H groups in total. The third-order valence-electron chi connectivity index (χ3n) is 4.12. The molecule has 4 heteroatoms. The second kappa shape index (κ2) is 6.82. The molecule has 0 aromatic heterocycles. The van der Waals surface area contributed by atoms with Crippen molar-refractivity contribution in [3.05, 3.63) is 65.5 Å². The highest BCUT2D eigenvalue weighted by atomic mass is 19.1. The van der Waals surface area contributed by atoms with Crippen LogP contribution in [0.15, 0.2) is 48.5 Å². The molecular weight excluding hydrogens is 293 g/mol. The molecule has 2 aromatic rings. The summed E-state index contributed by atoms with van der Waals surface area (Å²) in [6, 6.07) is 14.5. The third kappa shape index (κ3) is 3.89. The Morgan fingerprint density at radius 1 is 1.22 bits per heavy atom. The molecule has 0 saturated heterocycles. The van der Waals surface area contributed by atoms with Crippen LogP contribution in [0.3, 0.4) is 0 Å². The number of nitrogens with one attached hydrogen (secondary N) is 1. The molecule has 1 saturated carbocycles. The Bertz CT molecular complexity index is 684. The van der Waals surface area contributed by atoms with Crippen LogP contribution >= 0.6 is 0 Å². The van der Waals surface area contributed by atoms with Crippen molar-refractivity contribution in [3.8, 4) is 5.75 Å². The predicted molar refractivity (Wildman–Crippen MR) is 86.9 cm³/mol. The molecule has 23 heavy (non-hydrogen) atoms. The fourth-order valence-electron chi connectivity index (χ4n) is 2.71. The Kier molecular flexibility index (Phi) is 4.60. The van der Waals surface area contributed by atoms with Crippen molar-refractivity contribution in [3.63, 3.8) is 0 Å². The van der Waals surface area contributed by atoms with E-state index in [-0.39, 0.29) is 23.6 Å². The lowest BCUT2D eigenvalue weighted by Gasteiger charge is -2.08. The minimum Gasteiger partial charge on any atom is -0.492 e. The standard InChI is InChI=1S/C19H20FNO2/c1-13-6-8-14(9-7-13)23-11-10-21-19(22)17-12-16(17)15-4-2-3-5-18(15)20/h2-9,16-17H,10-12H2,1H3,(H,21,22). The maximum atomic E-state index is 13.7. The van der Waals surface area contributed by atoms with E-state index in [1.165, 1.54) is 11.6 Å². The van der Waals surface area contributed by atoms with Crippen molar-refractivity contribution in [2.75, 3.05) is 13.2 Å². The van der Waals surface area contributed by atoms with Crippen molar-refractivity contribution in [1.82, 2.24) is 5.32 Å². The fourth-order valence-corrected chi connectivity index (χ4v) is 2.71. The van der Waals surface area contributed by atoms with Crippen LogP contribution in [0.1, 0.15) is 23.5 Å². The first-order valence-corrected chi connectivity index (χ1v) is 7.87. The third-order valence-corrected chi connectivity index (χ3v) is 4.12. The zero-order valence-electron chi connectivity index (χ0n) is 13.1. The van der Waals surface area contributed by atoms with Crippen molar-refractivity contribution in [2.45, 2.75) is 19.3 Å². The molecule has 0 spiro atoms. The van der Waals surface area contributed by atoms with Crippen LogP contribution in [0.5, 0.6) is 5.75 Å². The van der Waals surface area contributed by atoms with Crippen LogP contribution in [0, 0.1) is 18.7 Å². The van der Waals surface area contributed by atoms with Gasteiger partial charge in [0.15, 0.2) is 0 Å². The predicted octanol–water partition coefficient (Wildman–Crippen LogP) is 3.43. The number of carbonyl (C=O) groups excluding carboxylic acids is 1. The van der Waals surface area contributed by atoms with Gasteiger partial charge in [-0.05, 0) is 43.0 Å². The first kappa shape index (κ1) is 15.5. The Morgan fingerprint density at radius 3 is 2.70 bits per heavy atom.